The monoisotopic (exact) mass is 355 g/mol. The van der Waals surface area contributed by atoms with Gasteiger partial charge in [-0.05, 0) is 30.9 Å². The van der Waals surface area contributed by atoms with Crippen LogP contribution in [0.25, 0.3) is 11.3 Å². The van der Waals surface area contributed by atoms with Crippen LogP contribution in [0.4, 0.5) is 0 Å². The number of rotatable bonds is 6. The van der Waals surface area contributed by atoms with Crippen LogP contribution in [0.15, 0.2) is 36.7 Å². The van der Waals surface area contributed by atoms with Crippen molar-refractivity contribution in [3.05, 3.63) is 47.9 Å². The molecule has 0 unspecified atom stereocenters. The number of ether oxygens (including phenoxy) is 1. The number of carbonyl (C=O) groups excluding carboxylic acids is 1. The molecule has 1 aliphatic rings. The van der Waals surface area contributed by atoms with Crippen LogP contribution in [0.2, 0.25) is 0 Å². The molecule has 0 bridgehead atoms. The first-order valence-corrected chi connectivity index (χ1v) is 8.49. The van der Waals surface area contributed by atoms with Gasteiger partial charge in [0.05, 0.1) is 17.0 Å². The van der Waals surface area contributed by atoms with E-state index >= 15 is 0 Å². The summed E-state index contributed by atoms with van der Waals surface area (Å²) in [5, 5.41) is 9.20. The molecule has 1 saturated heterocycles. The van der Waals surface area contributed by atoms with Crippen molar-refractivity contribution in [1.29, 1.82) is 0 Å². The Hall–Kier alpha value is -2.80. The number of benzene rings is 1. The summed E-state index contributed by atoms with van der Waals surface area (Å²) in [6, 6.07) is 6.71. The first-order chi connectivity index (χ1) is 12.6. The third-order valence-corrected chi connectivity index (χ3v) is 4.55. The van der Waals surface area contributed by atoms with E-state index in [1.807, 2.05) is 11.0 Å². The number of carboxylic acids is 1. The summed E-state index contributed by atoms with van der Waals surface area (Å²) < 4.78 is 4.92. The number of carboxylic acid groups (broad SMARTS) is 1. The van der Waals surface area contributed by atoms with Crippen molar-refractivity contribution in [3.63, 3.8) is 0 Å². The molecule has 1 aromatic carbocycles. The van der Waals surface area contributed by atoms with Crippen LogP contribution < -0.4 is 0 Å². The zero-order valence-corrected chi connectivity index (χ0v) is 14.6. The zero-order valence-electron chi connectivity index (χ0n) is 14.6. The predicted molar refractivity (Wildman–Crippen MR) is 94.7 cm³/mol. The van der Waals surface area contributed by atoms with Gasteiger partial charge in [-0.15, -0.1) is 0 Å². The average molecular weight is 355 g/mol. The van der Waals surface area contributed by atoms with Crippen molar-refractivity contribution in [1.82, 2.24) is 14.9 Å². The molecule has 0 saturated carbocycles. The molecule has 1 N–H and O–H groups in total. The largest absolute Gasteiger partial charge is 0.478 e. The van der Waals surface area contributed by atoms with Gasteiger partial charge in [-0.2, -0.15) is 0 Å². The third kappa shape index (κ3) is 4.05. The molecule has 1 fully saturated rings. The van der Waals surface area contributed by atoms with Crippen molar-refractivity contribution in [2.75, 3.05) is 26.8 Å². The second-order valence-corrected chi connectivity index (χ2v) is 6.37. The predicted octanol–water partition coefficient (Wildman–Crippen LogP) is 1.88. The summed E-state index contributed by atoms with van der Waals surface area (Å²) in [6.07, 6.45) is 4.84. The summed E-state index contributed by atoms with van der Waals surface area (Å²) >= 11 is 0. The highest BCUT2D eigenvalue weighted by Crippen LogP contribution is 2.26. The number of hydrogen-bond acceptors (Lipinski definition) is 5. The lowest BCUT2D eigenvalue weighted by atomic mass is 9.98. The van der Waals surface area contributed by atoms with E-state index in [0.29, 0.717) is 24.6 Å². The Labute approximate surface area is 151 Å². The van der Waals surface area contributed by atoms with Crippen molar-refractivity contribution < 1.29 is 19.4 Å². The maximum Gasteiger partial charge on any atom is 0.335 e. The van der Waals surface area contributed by atoms with E-state index in [-0.39, 0.29) is 18.1 Å². The highest BCUT2D eigenvalue weighted by molar-refractivity contribution is 5.89. The van der Waals surface area contributed by atoms with E-state index in [1.165, 1.54) is 7.11 Å². The Morgan fingerprint density at radius 1 is 1.31 bits per heavy atom. The van der Waals surface area contributed by atoms with Gasteiger partial charge in [0.15, 0.2) is 0 Å². The Morgan fingerprint density at radius 3 is 2.88 bits per heavy atom. The van der Waals surface area contributed by atoms with Gasteiger partial charge in [0.25, 0.3) is 0 Å². The molecule has 0 radical (unpaired) electrons. The van der Waals surface area contributed by atoms with E-state index in [9.17, 15) is 14.7 Å². The fourth-order valence-corrected chi connectivity index (χ4v) is 3.27. The Morgan fingerprint density at radius 2 is 2.12 bits per heavy atom. The van der Waals surface area contributed by atoms with Crippen LogP contribution in [-0.4, -0.2) is 58.7 Å². The minimum absolute atomic E-state index is 0.00327. The fraction of sp³-hybridized carbons (Fsp3) is 0.368. The highest BCUT2D eigenvalue weighted by Gasteiger charge is 2.27. The van der Waals surface area contributed by atoms with E-state index in [4.69, 9.17) is 4.74 Å². The second-order valence-electron chi connectivity index (χ2n) is 6.37. The number of aromatic nitrogens is 2. The van der Waals surface area contributed by atoms with Crippen molar-refractivity contribution in [3.8, 4) is 11.3 Å². The molecule has 1 amide bonds. The van der Waals surface area contributed by atoms with Gasteiger partial charge >= 0.3 is 5.97 Å². The highest BCUT2D eigenvalue weighted by atomic mass is 16.5. The molecule has 3 rings (SSSR count). The Balaban J connectivity index is 1.77. The summed E-state index contributed by atoms with van der Waals surface area (Å²) in [5.74, 6) is -0.669. The van der Waals surface area contributed by atoms with Crippen LogP contribution in [0, 0.1) is 5.92 Å². The number of aromatic carboxylic acids is 1. The fourth-order valence-electron chi connectivity index (χ4n) is 3.27. The maximum absolute atomic E-state index is 12.0. The molecule has 7 heteroatoms. The Bertz CT molecular complexity index is 809. The topological polar surface area (TPSA) is 92.6 Å². The molecule has 136 valence electrons. The normalized spacial score (nSPS) is 16.7. The lowest BCUT2D eigenvalue weighted by Crippen LogP contribution is -2.31. The van der Waals surface area contributed by atoms with E-state index in [0.717, 1.165) is 24.2 Å². The summed E-state index contributed by atoms with van der Waals surface area (Å²) in [4.78, 5) is 33.9. The molecule has 1 aliphatic heterocycles. The second kappa shape index (κ2) is 8.05. The zero-order chi connectivity index (χ0) is 18.5. The molecule has 0 spiro atoms. The maximum atomic E-state index is 12.0. The van der Waals surface area contributed by atoms with Gasteiger partial charge in [-0.1, -0.05) is 12.1 Å². The standard InChI is InChI=1S/C19H21N3O4/c1-26-12-17(23)22-8-5-13(11-22)9-16-18(21-7-6-20-16)14-3-2-4-15(10-14)19(24)25/h2-4,6-7,10,13H,5,8-9,11-12H2,1H3,(H,24,25)/t13-/m0/s1. The van der Waals surface area contributed by atoms with Gasteiger partial charge < -0.3 is 14.7 Å². The van der Waals surface area contributed by atoms with Gasteiger partial charge in [0.2, 0.25) is 5.91 Å². The molecule has 1 aromatic heterocycles. The Kier molecular flexibility index (Phi) is 5.58. The molecular weight excluding hydrogens is 334 g/mol. The van der Waals surface area contributed by atoms with Crippen molar-refractivity contribution in [2.24, 2.45) is 5.92 Å². The summed E-state index contributed by atoms with van der Waals surface area (Å²) in [6.45, 7) is 1.50. The molecule has 2 heterocycles. The molecular formula is C19H21N3O4. The molecule has 1 atom stereocenters. The summed E-state index contributed by atoms with van der Waals surface area (Å²) in [5.41, 5.74) is 2.47. The molecule has 7 nitrogen and oxygen atoms in total. The molecule has 26 heavy (non-hydrogen) atoms. The minimum atomic E-state index is -0.972. The number of amides is 1. The van der Waals surface area contributed by atoms with E-state index in [2.05, 4.69) is 9.97 Å². The molecule has 2 aromatic rings. The SMILES string of the molecule is COCC(=O)N1CC[C@@H](Cc2nccnc2-c2cccc(C(=O)O)c2)C1. The molecule has 0 aliphatic carbocycles. The number of nitrogens with zero attached hydrogens (tertiary/aromatic N) is 3. The first-order valence-electron chi connectivity index (χ1n) is 8.49. The number of hydrogen-bond donors (Lipinski definition) is 1. The quantitative estimate of drug-likeness (QED) is 0.850. The van der Waals surface area contributed by atoms with Crippen LogP contribution in [0.5, 0.6) is 0 Å². The van der Waals surface area contributed by atoms with Crippen LogP contribution >= 0.6 is 0 Å². The van der Waals surface area contributed by atoms with Gasteiger partial charge in [0, 0.05) is 38.2 Å². The lowest BCUT2D eigenvalue weighted by Gasteiger charge is -2.16. The van der Waals surface area contributed by atoms with Crippen molar-refractivity contribution in [2.45, 2.75) is 12.8 Å². The number of likely N-dealkylation sites (tertiary alicyclic amines) is 1. The van der Waals surface area contributed by atoms with Crippen LogP contribution in [-0.2, 0) is 16.0 Å². The van der Waals surface area contributed by atoms with Crippen LogP contribution in [0.3, 0.4) is 0 Å². The minimum Gasteiger partial charge on any atom is -0.478 e. The van der Waals surface area contributed by atoms with Gasteiger partial charge in [-0.25, -0.2) is 4.79 Å². The smallest absolute Gasteiger partial charge is 0.335 e. The van der Waals surface area contributed by atoms with E-state index in [1.54, 1.807) is 30.6 Å². The summed E-state index contributed by atoms with van der Waals surface area (Å²) in [7, 11) is 1.52. The number of methoxy groups -OCH3 is 1. The number of carbonyl (C=O) groups is 2. The lowest BCUT2D eigenvalue weighted by molar-refractivity contribution is -0.134. The van der Waals surface area contributed by atoms with Gasteiger partial charge in [0.1, 0.15) is 6.61 Å². The first kappa shape index (κ1) is 18.0. The van der Waals surface area contributed by atoms with Crippen LogP contribution in [0.1, 0.15) is 22.5 Å². The van der Waals surface area contributed by atoms with Crippen molar-refractivity contribution >= 4 is 11.9 Å². The third-order valence-electron chi connectivity index (χ3n) is 4.55. The van der Waals surface area contributed by atoms with E-state index < -0.39 is 5.97 Å². The average Bonchev–Trinajstić information content (AvgIpc) is 3.11. The van der Waals surface area contributed by atoms with Gasteiger partial charge in [-0.3, -0.25) is 14.8 Å².